The number of rotatable bonds is 1. The lowest BCUT2D eigenvalue weighted by Crippen LogP contribution is -2.63. The summed E-state index contributed by atoms with van der Waals surface area (Å²) >= 11 is 0. The first-order valence-corrected chi connectivity index (χ1v) is 10.2. The van der Waals surface area contributed by atoms with Gasteiger partial charge in [-0.15, -0.1) is 0 Å². The summed E-state index contributed by atoms with van der Waals surface area (Å²) in [5, 5.41) is 0. The van der Waals surface area contributed by atoms with Gasteiger partial charge in [0.05, 0.1) is 12.2 Å². The number of carbonyl (C=O) groups is 1. The molecular weight excluding hydrogens is 335 g/mol. The van der Waals surface area contributed by atoms with Crippen LogP contribution in [0.5, 0.6) is 0 Å². The maximum atomic E-state index is 16.1. The fourth-order valence-corrected chi connectivity index (χ4v) is 8.47. The lowest BCUT2D eigenvalue weighted by Gasteiger charge is -2.55. The summed E-state index contributed by atoms with van der Waals surface area (Å²) in [6.07, 6.45) is 2.57. The highest BCUT2D eigenvalue weighted by molar-refractivity contribution is 5.92. The summed E-state index contributed by atoms with van der Waals surface area (Å²) in [5.74, 6) is 0.750. The van der Waals surface area contributed by atoms with Gasteiger partial charge >= 0.3 is 5.97 Å². The number of fused-ring (bicyclic) bond motifs is 4. The number of ether oxygens (including phenoxy) is 3. The molecule has 140 valence electrons. The number of cyclic esters (lactones) is 1. The normalized spacial score (nSPS) is 63.1. The minimum atomic E-state index is -1.03. The van der Waals surface area contributed by atoms with Gasteiger partial charge in [-0.05, 0) is 54.4 Å². The molecule has 0 radical (unpaired) electrons. The summed E-state index contributed by atoms with van der Waals surface area (Å²) in [6, 6.07) is 0. The van der Waals surface area contributed by atoms with Gasteiger partial charge in [-0.1, -0.05) is 20.8 Å². The van der Waals surface area contributed by atoms with Crippen LogP contribution in [0.3, 0.4) is 0 Å². The van der Waals surface area contributed by atoms with Crippen LogP contribution in [0.2, 0.25) is 0 Å². The number of carbonyl (C=O) groups excluding carboxylic acids is 1. The van der Waals surface area contributed by atoms with Crippen molar-refractivity contribution in [2.24, 2.45) is 28.6 Å². The molecule has 0 bridgehead atoms. The second-order valence-electron chi connectivity index (χ2n) is 10.4. The lowest BCUT2D eigenvalue weighted by molar-refractivity contribution is -0.136. The smallest absolute Gasteiger partial charge is 0.334 e. The predicted molar refractivity (Wildman–Crippen MR) is 88.9 cm³/mol. The van der Waals surface area contributed by atoms with Crippen molar-refractivity contribution in [2.75, 3.05) is 6.61 Å². The molecular formula is C21H25FO4. The Bertz CT molecular complexity index is 821. The van der Waals surface area contributed by atoms with Crippen molar-refractivity contribution in [1.29, 1.82) is 0 Å². The maximum Gasteiger partial charge on any atom is 0.334 e. The zero-order chi connectivity index (χ0) is 17.9. The quantitative estimate of drug-likeness (QED) is 0.533. The first kappa shape index (κ1) is 15.0. The van der Waals surface area contributed by atoms with Crippen LogP contribution in [-0.2, 0) is 19.0 Å². The van der Waals surface area contributed by atoms with Crippen LogP contribution < -0.4 is 0 Å². The van der Waals surface area contributed by atoms with Crippen LogP contribution in [0.15, 0.2) is 11.1 Å². The van der Waals surface area contributed by atoms with Crippen molar-refractivity contribution in [2.45, 2.75) is 76.0 Å². The zero-order valence-corrected chi connectivity index (χ0v) is 15.5. The molecule has 2 saturated heterocycles. The number of epoxide rings is 2. The Labute approximate surface area is 152 Å². The third kappa shape index (κ3) is 1.14. The molecule has 0 unspecified atom stereocenters. The molecule has 4 nitrogen and oxygen atoms in total. The molecule has 0 amide bonds. The maximum absolute atomic E-state index is 16.1. The van der Waals surface area contributed by atoms with Gasteiger partial charge in [0, 0.05) is 11.0 Å². The Morgan fingerprint density at radius 3 is 2.85 bits per heavy atom. The molecule has 7 aliphatic rings. The van der Waals surface area contributed by atoms with Crippen molar-refractivity contribution in [3.8, 4) is 0 Å². The number of halogens is 1. The molecule has 7 rings (SSSR count). The van der Waals surface area contributed by atoms with E-state index in [1.54, 1.807) is 0 Å². The molecule has 3 saturated carbocycles. The fourth-order valence-electron chi connectivity index (χ4n) is 8.47. The molecule has 2 spiro atoms. The number of alkyl halides is 1. The Morgan fingerprint density at radius 1 is 1.27 bits per heavy atom. The Morgan fingerprint density at radius 2 is 2.08 bits per heavy atom. The van der Waals surface area contributed by atoms with E-state index in [1.807, 2.05) is 0 Å². The van der Waals surface area contributed by atoms with E-state index in [2.05, 4.69) is 20.8 Å². The summed E-state index contributed by atoms with van der Waals surface area (Å²) in [6.45, 7) is 6.95. The van der Waals surface area contributed by atoms with Gasteiger partial charge in [0.25, 0.3) is 0 Å². The summed E-state index contributed by atoms with van der Waals surface area (Å²) < 4.78 is 33.9. The Kier molecular flexibility index (Phi) is 2.20. The van der Waals surface area contributed by atoms with E-state index in [1.165, 1.54) is 5.57 Å². The second-order valence-corrected chi connectivity index (χ2v) is 10.4. The first-order valence-electron chi connectivity index (χ1n) is 10.2. The van der Waals surface area contributed by atoms with E-state index in [4.69, 9.17) is 14.2 Å². The number of hydrogen-bond donors (Lipinski definition) is 0. The molecule has 3 heterocycles. The highest BCUT2D eigenvalue weighted by Crippen LogP contribution is 2.90. The van der Waals surface area contributed by atoms with E-state index in [0.29, 0.717) is 18.4 Å². The summed E-state index contributed by atoms with van der Waals surface area (Å²) in [5.41, 5.74) is 0.713. The molecule has 5 heteroatoms. The van der Waals surface area contributed by atoms with Gasteiger partial charge in [-0.3, -0.25) is 0 Å². The Balaban J connectivity index is 1.39. The van der Waals surface area contributed by atoms with Gasteiger partial charge in [0.1, 0.15) is 17.8 Å². The van der Waals surface area contributed by atoms with Crippen LogP contribution in [-0.4, -0.2) is 42.2 Å². The van der Waals surface area contributed by atoms with Crippen LogP contribution in [0.25, 0.3) is 0 Å². The van der Waals surface area contributed by atoms with E-state index >= 15 is 4.39 Å². The SMILES string of the molecule is CC(C)[C@]12O[C@H]1[C@@H]1C[C@]13[C@]1(O[C@H]1C[C@H]1C4=C(CC[C@@]13C)C(=O)OC4)[C@H]2F. The van der Waals surface area contributed by atoms with Gasteiger partial charge in [0.2, 0.25) is 0 Å². The third-order valence-corrected chi connectivity index (χ3v) is 9.78. The van der Waals surface area contributed by atoms with E-state index in [0.717, 1.165) is 31.3 Å². The highest BCUT2D eigenvalue weighted by Gasteiger charge is 2.98. The Hall–Kier alpha value is -0.940. The monoisotopic (exact) mass is 360 g/mol. The predicted octanol–water partition coefficient (Wildman–Crippen LogP) is 2.95. The lowest BCUT2D eigenvalue weighted by atomic mass is 9.46. The van der Waals surface area contributed by atoms with Gasteiger partial charge in [-0.25, -0.2) is 9.18 Å². The molecule has 5 fully saturated rings. The van der Waals surface area contributed by atoms with Gasteiger partial charge in [0.15, 0.2) is 6.17 Å². The topological polar surface area (TPSA) is 51.4 Å². The van der Waals surface area contributed by atoms with Gasteiger partial charge in [-0.2, -0.15) is 0 Å². The molecule has 0 aromatic rings. The molecule has 26 heavy (non-hydrogen) atoms. The van der Waals surface area contributed by atoms with Crippen LogP contribution in [0.4, 0.5) is 4.39 Å². The number of hydrogen-bond acceptors (Lipinski definition) is 4. The minimum Gasteiger partial charge on any atom is -0.458 e. The average Bonchev–Trinajstić information content (AvgIpc) is 3.47. The summed E-state index contributed by atoms with van der Waals surface area (Å²) in [7, 11) is 0. The van der Waals surface area contributed by atoms with Crippen LogP contribution in [0, 0.1) is 28.6 Å². The van der Waals surface area contributed by atoms with E-state index in [-0.39, 0.29) is 34.9 Å². The van der Waals surface area contributed by atoms with Crippen molar-refractivity contribution in [1.82, 2.24) is 0 Å². The van der Waals surface area contributed by atoms with Crippen molar-refractivity contribution < 1.29 is 23.4 Å². The molecule has 0 aromatic heterocycles. The first-order chi connectivity index (χ1) is 12.3. The highest BCUT2D eigenvalue weighted by atomic mass is 19.1. The van der Waals surface area contributed by atoms with Crippen molar-refractivity contribution >= 4 is 5.97 Å². The minimum absolute atomic E-state index is 0.0170. The molecule has 0 aromatic carbocycles. The fraction of sp³-hybridized carbons (Fsp3) is 0.857. The largest absolute Gasteiger partial charge is 0.458 e. The standard InChI is InChI=1S/C21H25FO4/c1-9(2)20-15(26-20)13-7-19(13)18(3)5-4-10-11(8-24-16(10)23)12(18)6-14-21(19,25-14)17(20)22/h9,12-15,17H,4-8H2,1-3H3/t12-,13-,14-,15-,17-,18-,19-,20-,21+/m0/s1. The van der Waals surface area contributed by atoms with Crippen molar-refractivity contribution in [3.63, 3.8) is 0 Å². The van der Waals surface area contributed by atoms with Crippen LogP contribution >= 0.6 is 0 Å². The van der Waals surface area contributed by atoms with E-state index < -0.39 is 17.4 Å². The third-order valence-electron chi connectivity index (χ3n) is 9.78. The molecule has 0 N–H and O–H groups in total. The second kappa shape index (κ2) is 3.80. The molecule has 4 aliphatic carbocycles. The average molecular weight is 360 g/mol. The van der Waals surface area contributed by atoms with Crippen LogP contribution in [0.1, 0.15) is 46.5 Å². The zero-order valence-electron chi connectivity index (χ0n) is 15.5. The number of esters is 1. The molecule has 9 atom stereocenters. The van der Waals surface area contributed by atoms with E-state index in [9.17, 15) is 4.79 Å². The van der Waals surface area contributed by atoms with Gasteiger partial charge < -0.3 is 14.2 Å². The summed E-state index contributed by atoms with van der Waals surface area (Å²) in [4.78, 5) is 12.1. The van der Waals surface area contributed by atoms with Crippen molar-refractivity contribution in [3.05, 3.63) is 11.1 Å². The molecule has 3 aliphatic heterocycles.